The van der Waals surface area contributed by atoms with E-state index in [9.17, 15) is 4.79 Å². The molecule has 0 aliphatic heterocycles. The minimum absolute atomic E-state index is 0.264. The summed E-state index contributed by atoms with van der Waals surface area (Å²) < 4.78 is 5.10. The van der Waals surface area contributed by atoms with Gasteiger partial charge in [-0.2, -0.15) is 0 Å². The van der Waals surface area contributed by atoms with Crippen molar-refractivity contribution in [3.8, 4) is 0 Å². The quantitative estimate of drug-likeness (QED) is 0.289. The van der Waals surface area contributed by atoms with E-state index in [4.69, 9.17) is 16.3 Å². The molecule has 0 amide bonds. The van der Waals surface area contributed by atoms with E-state index >= 15 is 0 Å². The predicted molar refractivity (Wildman–Crippen MR) is 98.7 cm³/mol. The van der Waals surface area contributed by atoms with Crippen LogP contribution in [0.25, 0.3) is 0 Å². The summed E-state index contributed by atoms with van der Waals surface area (Å²) in [6, 6.07) is 9.57. The van der Waals surface area contributed by atoms with Gasteiger partial charge in [0.25, 0.3) is 0 Å². The third-order valence-electron chi connectivity index (χ3n) is 3.05. The first-order chi connectivity index (χ1) is 10.7. The molecule has 1 aromatic rings. The maximum absolute atomic E-state index is 11.4. The highest BCUT2D eigenvalue weighted by molar-refractivity contribution is 9.10. The van der Waals surface area contributed by atoms with E-state index in [-0.39, 0.29) is 10.8 Å². The van der Waals surface area contributed by atoms with E-state index in [1.165, 1.54) is 32.1 Å². The second-order valence-corrected chi connectivity index (χ2v) is 6.58. The number of esters is 1. The van der Waals surface area contributed by atoms with Gasteiger partial charge in [-0.15, -0.1) is 11.6 Å². The summed E-state index contributed by atoms with van der Waals surface area (Å²) in [6.45, 7) is 4.80. The van der Waals surface area contributed by atoms with Crippen LogP contribution in [0.15, 0.2) is 30.3 Å². The number of unbranched alkanes of at least 4 members (excludes halogenated alkanes) is 4. The average Bonchev–Trinajstić information content (AvgIpc) is 2.55. The molecule has 1 rings (SSSR count). The lowest BCUT2D eigenvalue weighted by molar-refractivity contribution is -0.144. The Morgan fingerprint density at radius 1 is 1.14 bits per heavy atom. The lowest BCUT2D eigenvalue weighted by atomic mass is 10.2. The molecule has 1 atom stereocenters. The summed E-state index contributed by atoms with van der Waals surface area (Å²) in [5.41, 5.74) is 0.983. The van der Waals surface area contributed by atoms with Crippen molar-refractivity contribution >= 4 is 33.5 Å². The highest BCUT2D eigenvalue weighted by Crippen LogP contribution is 2.10. The molecule has 2 nitrogen and oxygen atoms in total. The van der Waals surface area contributed by atoms with Crippen molar-refractivity contribution < 1.29 is 9.53 Å². The van der Waals surface area contributed by atoms with Crippen LogP contribution < -0.4 is 0 Å². The van der Waals surface area contributed by atoms with Crippen molar-refractivity contribution in [1.29, 1.82) is 0 Å². The fraction of sp³-hybridized carbons (Fsp3) is 0.611. The average molecular weight is 392 g/mol. The van der Waals surface area contributed by atoms with Crippen LogP contribution in [-0.2, 0) is 16.1 Å². The number of hydrogen-bond donors (Lipinski definition) is 0. The molecule has 0 spiro atoms. The van der Waals surface area contributed by atoms with Gasteiger partial charge in [0.15, 0.2) is 0 Å². The molecular formula is C18H28BrClO2. The van der Waals surface area contributed by atoms with Crippen molar-refractivity contribution in [2.24, 2.45) is 0 Å². The SMILES string of the molecule is CCCCCCC.O=C(OCc1ccccc1)C(Br)CCCl. The standard InChI is InChI=1S/C11H12BrClO2.C7H16/c12-10(6-7-13)11(14)15-8-9-4-2-1-3-5-9;1-3-5-7-6-4-2/h1-5,10H,6-8H2;3-7H2,1-2H3. The molecular weight excluding hydrogens is 364 g/mol. The van der Waals surface area contributed by atoms with Crippen LogP contribution in [0.2, 0.25) is 0 Å². The molecule has 0 bridgehead atoms. The van der Waals surface area contributed by atoms with Gasteiger partial charge in [0.05, 0.1) is 0 Å². The lowest BCUT2D eigenvalue weighted by Crippen LogP contribution is -2.17. The van der Waals surface area contributed by atoms with Gasteiger partial charge < -0.3 is 4.74 Å². The number of carbonyl (C=O) groups is 1. The Bertz CT molecular complexity index is 367. The monoisotopic (exact) mass is 390 g/mol. The second kappa shape index (κ2) is 15.4. The first-order valence-corrected chi connectivity index (χ1v) is 9.51. The van der Waals surface area contributed by atoms with Gasteiger partial charge in [-0.05, 0) is 12.0 Å². The van der Waals surface area contributed by atoms with E-state index in [2.05, 4.69) is 29.8 Å². The predicted octanol–water partition coefficient (Wildman–Crippen LogP) is 6.10. The Morgan fingerprint density at radius 3 is 2.23 bits per heavy atom. The van der Waals surface area contributed by atoms with Crippen LogP contribution in [0, 0.1) is 0 Å². The molecule has 22 heavy (non-hydrogen) atoms. The molecule has 0 saturated heterocycles. The van der Waals surface area contributed by atoms with E-state index in [1.807, 2.05) is 30.3 Å². The minimum atomic E-state index is -0.307. The van der Waals surface area contributed by atoms with Crippen molar-refractivity contribution in [3.05, 3.63) is 35.9 Å². The van der Waals surface area contributed by atoms with E-state index in [0.717, 1.165) is 5.56 Å². The largest absolute Gasteiger partial charge is 0.460 e. The molecule has 0 N–H and O–H groups in total. The van der Waals surface area contributed by atoms with Crippen LogP contribution in [0.5, 0.6) is 0 Å². The van der Waals surface area contributed by atoms with E-state index in [0.29, 0.717) is 18.9 Å². The molecule has 0 aliphatic rings. The van der Waals surface area contributed by atoms with Crippen LogP contribution in [0.4, 0.5) is 0 Å². The number of halogens is 2. The number of hydrogen-bond acceptors (Lipinski definition) is 2. The zero-order valence-electron chi connectivity index (χ0n) is 13.7. The Morgan fingerprint density at radius 2 is 1.73 bits per heavy atom. The van der Waals surface area contributed by atoms with Gasteiger partial charge in [0.2, 0.25) is 0 Å². The molecule has 1 aromatic carbocycles. The third kappa shape index (κ3) is 12.0. The Balaban J connectivity index is 0.000000534. The molecule has 1 unspecified atom stereocenters. The van der Waals surface area contributed by atoms with Crippen LogP contribution in [0.1, 0.15) is 57.9 Å². The summed E-state index contributed by atoms with van der Waals surface area (Å²) >= 11 is 8.74. The fourth-order valence-corrected chi connectivity index (χ4v) is 2.55. The lowest BCUT2D eigenvalue weighted by Gasteiger charge is -2.08. The Labute approximate surface area is 148 Å². The topological polar surface area (TPSA) is 26.3 Å². The molecule has 0 fully saturated rings. The highest BCUT2D eigenvalue weighted by Gasteiger charge is 2.15. The van der Waals surface area contributed by atoms with Gasteiger partial charge in [-0.3, -0.25) is 4.79 Å². The summed E-state index contributed by atoms with van der Waals surface area (Å²) in [6.07, 6.45) is 7.59. The van der Waals surface area contributed by atoms with Gasteiger partial charge in [0, 0.05) is 5.88 Å². The van der Waals surface area contributed by atoms with Crippen LogP contribution >= 0.6 is 27.5 Å². The van der Waals surface area contributed by atoms with Crippen molar-refractivity contribution in [2.75, 3.05) is 5.88 Å². The van der Waals surface area contributed by atoms with Gasteiger partial charge in [-0.1, -0.05) is 92.2 Å². The number of benzene rings is 1. The van der Waals surface area contributed by atoms with Crippen LogP contribution in [0.3, 0.4) is 0 Å². The minimum Gasteiger partial charge on any atom is -0.460 e. The van der Waals surface area contributed by atoms with Gasteiger partial charge in [0.1, 0.15) is 11.4 Å². The number of ether oxygens (including phenoxy) is 1. The molecule has 0 radical (unpaired) electrons. The summed E-state index contributed by atoms with van der Waals surface area (Å²) in [7, 11) is 0. The molecule has 4 heteroatoms. The molecule has 0 heterocycles. The van der Waals surface area contributed by atoms with E-state index < -0.39 is 0 Å². The molecule has 0 aliphatic carbocycles. The maximum Gasteiger partial charge on any atom is 0.320 e. The summed E-state index contributed by atoms with van der Waals surface area (Å²) in [4.78, 5) is 11.1. The van der Waals surface area contributed by atoms with E-state index in [1.54, 1.807) is 0 Å². The number of carbonyl (C=O) groups excluding carboxylic acids is 1. The molecule has 126 valence electrons. The summed E-state index contributed by atoms with van der Waals surface area (Å²) in [5, 5.41) is 0. The molecule has 0 saturated carbocycles. The zero-order chi connectivity index (χ0) is 16.6. The fourth-order valence-electron chi connectivity index (χ4n) is 1.71. The zero-order valence-corrected chi connectivity index (χ0v) is 16.0. The smallest absolute Gasteiger partial charge is 0.320 e. The number of alkyl halides is 2. The third-order valence-corrected chi connectivity index (χ3v) is 4.10. The molecule has 0 aromatic heterocycles. The van der Waals surface area contributed by atoms with Crippen LogP contribution in [-0.4, -0.2) is 16.7 Å². The Hall–Kier alpha value is -0.540. The maximum atomic E-state index is 11.4. The first kappa shape index (κ1) is 21.5. The van der Waals surface area contributed by atoms with Gasteiger partial charge >= 0.3 is 5.97 Å². The highest BCUT2D eigenvalue weighted by atomic mass is 79.9. The second-order valence-electron chi connectivity index (χ2n) is 5.10. The van der Waals surface area contributed by atoms with Gasteiger partial charge in [-0.25, -0.2) is 0 Å². The Kier molecular flexibility index (Phi) is 15.0. The van der Waals surface area contributed by atoms with Crippen molar-refractivity contribution in [3.63, 3.8) is 0 Å². The normalized spacial score (nSPS) is 11.3. The number of rotatable bonds is 9. The van der Waals surface area contributed by atoms with Crippen molar-refractivity contribution in [2.45, 2.75) is 63.8 Å². The first-order valence-electron chi connectivity index (χ1n) is 8.06. The van der Waals surface area contributed by atoms with Crippen molar-refractivity contribution in [1.82, 2.24) is 0 Å². The summed E-state index contributed by atoms with van der Waals surface area (Å²) in [5.74, 6) is 0.176.